The van der Waals surface area contributed by atoms with Crippen LogP contribution >= 0.6 is 0 Å². The molecule has 0 saturated carbocycles. The molecule has 3 heterocycles. The molecule has 0 radical (unpaired) electrons. The maximum absolute atomic E-state index is 5.77. The molecule has 0 atom stereocenters. The third-order valence-corrected chi connectivity index (χ3v) is 5.05. The van der Waals surface area contributed by atoms with Gasteiger partial charge in [-0.1, -0.05) is 30.3 Å². The smallest absolute Gasteiger partial charge is 0.152 e. The standard InChI is InChI=1S/C21H25N3O/c1-16-15-19(17-7-4-3-5-8-17)21(20-9-6-14-25-20)24(16)22-18-10-12-23(2)13-11-18/h3-9,14-15,18,22H,10-13H2,1-2H3. The van der Waals surface area contributed by atoms with Crippen LogP contribution in [0, 0.1) is 6.92 Å². The zero-order valence-electron chi connectivity index (χ0n) is 14.9. The molecule has 1 saturated heterocycles. The molecule has 1 fully saturated rings. The second-order valence-electron chi connectivity index (χ2n) is 6.93. The van der Waals surface area contributed by atoms with E-state index in [-0.39, 0.29) is 0 Å². The van der Waals surface area contributed by atoms with E-state index in [2.05, 4.69) is 65.4 Å². The maximum Gasteiger partial charge on any atom is 0.152 e. The Bertz CT molecular complexity index is 812. The van der Waals surface area contributed by atoms with Gasteiger partial charge < -0.3 is 14.7 Å². The molecular weight excluding hydrogens is 310 g/mol. The number of hydrogen-bond donors (Lipinski definition) is 1. The highest BCUT2D eigenvalue weighted by atomic mass is 16.3. The molecule has 4 heteroatoms. The van der Waals surface area contributed by atoms with Crippen LogP contribution in [0.4, 0.5) is 0 Å². The van der Waals surface area contributed by atoms with Crippen molar-refractivity contribution in [2.75, 3.05) is 25.6 Å². The predicted octanol–water partition coefficient (Wildman–Crippen LogP) is 4.36. The Morgan fingerprint density at radius 2 is 1.80 bits per heavy atom. The van der Waals surface area contributed by atoms with Gasteiger partial charge in [0.25, 0.3) is 0 Å². The predicted molar refractivity (Wildman–Crippen MR) is 102 cm³/mol. The third kappa shape index (κ3) is 3.22. The molecule has 0 amide bonds. The van der Waals surface area contributed by atoms with E-state index < -0.39 is 0 Å². The van der Waals surface area contributed by atoms with Crippen molar-refractivity contribution in [3.63, 3.8) is 0 Å². The minimum atomic E-state index is 0.486. The lowest BCUT2D eigenvalue weighted by atomic mass is 10.0. The van der Waals surface area contributed by atoms with Crippen LogP contribution in [-0.4, -0.2) is 35.8 Å². The molecule has 1 aliphatic heterocycles. The number of piperidine rings is 1. The van der Waals surface area contributed by atoms with Crippen LogP contribution in [0.15, 0.2) is 59.2 Å². The van der Waals surface area contributed by atoms with Gasteiger partial charge in [-0.15, -0.1) is 0 Å². The summed E-state index contributed by atoms with van der Waals surface area (Å²) < 4.78 is 7.99. The molecule has 1 aliphatic rings. The minimum Gasteiger partial charge on any atom is -0.463 e. The summed E-state index contributed by atoms with van der Waals surface area (Å²) in [5.41, 5.74) is 8.46. The van der Waals surface area contributed by atoms with Gasteiger partial charge in [-0.25, -0.2) is 0 Å². The van der Waals surface area contributed by atoms with Crippen LogP contribution in [0.2, 0.25) is 0 Å². The van der Waals surface area contributed by atoms with Crippen molar-refractivity contribution in [3.8, 4) is 22.6 Å². The molecule has 3 aromatic rings. The van der Waals surface area contributed by atoms with Gasteiger partial charge in [-0.3, -0.25) is 4.68 Å². The summed E-state index contributed by atoms with van der Waals surface area (Å²) in [6.07, 6.45) is 4.06. The maximum atomic E-state index is 5.77. The zero-order chi connectivity index (χ0) is 17.2. The molecule has 4 rings (SSSR count). The molecule has 2 aromatic heterocycles. The van der Waals surface area contributed by atoms with Gasteiger partial charge in [0.2, 0.25) is 0 Å². The molecule has 0 spiro atoms. The van der Waals surface area contributed by atoms with E-state index in [1.165, 1.54) is 16.8 Å². The first kappa shape index (κ1) is 16.0. The molecule has 4 nitrogen and oxygen atoms in total. The van der Waals surface area contributed by atoms with Gasteiger partial charge >= 0.3 is 0 Å². The zero-order valence-corrected chi connectivity index (χ0v) is 14.9. The highest BCUT2D eigenvalue weighted by molar-refractivity contribution is 5.80. The van der Waals surface area contributed by atoms with Crippen LogP contribution in [-0.2, 0) is 0 Å². The lowest BCUT2D eigenvalue weighted by Gasteiger charge is -2.31. The molecule has 25 heavy (non-hydrogen) atoms. The van der Waals surface area contributed by atoms with Crippen LogP contribution in [0.5, 0.6) is 0 Å². The van der Waals surface area contributed by atoms with Crippen LogP contribution < -0.4 is 5.43 Å². The quantitative estimate of drug-likeness (QED) is 0.769. The van der Waals surface area contributed by atoms with E-state index in [9.17, 15) is 0 Å². The van der Waals surface area contributed by atoms with Gasteiger partial charge in [0.05, 0.1) is 6.26 Å². The van der Waals surface area contributed by atoms with Crippen molar-refractivity contribution < 1.29 is 4.42 Å². The fourth-order valence-electron chi connectivity index (χ4n) is 3.62. The Kier molecular flexibility index (Phi) is 4.36. The lowest BCUT2D eigenvalue weighted by Crippen LogP contribution is -2.40. The minimum absolute atomic E-state index is 0.486. The van der Waals surface area contributed by atoms with Crippen molar-refractivity contribution in [1.29, 1.82) is 0 Å². The van der Waals surface area contributed by atoms with Crippen molar-refractivity contribution >= 4 is 0 Å². The number of aryl methyl sites for hydroxylation is 1. The summed E-state index contributed by atoms with van der Waals surface area (Å²) in [5.74, 6) is 0.896. The summed E-state index contributed by atoms with van der Waals surface area (Å²) in [5, 5.41) is 0. The first-order valence-corrected chi connectivity index (χ1v) is 8.99. The second-order valence-corrected chi connectivity index (χ2v) is 6.93. The Labute approximate surface area is 149 Å². The molecule has 130 valence electrons. The lowest BCUT2D eigenvalue weighted by molar-refractivity contribution is 0.257. The highest BCUT2D eigenvalue weighted by Gasteiger charge is 2.22. The van der Waals surface area contributed by atoms with E-state index >= 15 is 0 Å². The van der Waals surface area contributed by atoms with Crippen LogP contribution in [0.3, 0.4) is 0 Å². The number of likely N-dealkylation sites (tertiary alicyclic amines) is 1. The van der Waals surface area contributed by atoms with E-state index in [0.717, 1.165) is 37.4 Å². The first-order chi connectivity index (χ1) is 12.2. The molecule has 0 aliphatic carbocycles. The SMILES string of the molecule is Cc1cc(-c2ccccc2)c(-c2ccco2)n1NC1CCN(C)CC1. The number of nitrogens with one attached hydrogen (secondary N) is 1. The third-order valence-electron chi connectivity index (χ3n) is 5.05. The Morgan fingerprint density at radius 1 is 1.04 bits per heavy atom. The largest absolute Gasteiger partial charge is 0.463 e. The number of furan rings is 1. The summed E-state index contributed by atoms with van der Waals surface area (Å²) in [4.78, 5) is 2.39. The molecule has 0 unspecified atom stereocenters. The number of rotatable bonds is 4. The van der Waals surface area contributed by atoms with Crippen molar-refractivity contribution in [2.24, 2.45) is 0 Å². The topological polar surface area (TPSA) is 33.3 Å². The Hall–Kier alpha value is -2.46. The summed E-state index contributed by atoms with van der Waals surface area (Å²) in [7, 11) is 2.19. The number of nitrogens with zero attached hydrogens (tertiary/aromatic N) is 2. The van der Waals surface area contributed by atoms with Crippen molar-refractivity contribution in [2.45, 2.75) is 25.8 Å². The molecule has 1 aromatic carbocycles. The van der Waals surface area contributed by atoms with Gasteiger partial charge in [-0.05, 0) is 63.7 Å². The number of aromatic nitrogens is 1. The number of benzene rings is 1. The summed E-state index contributed by atoms with van der Waals surface area (Å²) in [6.45, 7) is 4.43. The van der Waals surface area contributed by atoms with Gasteiger partial charge in [0, 0.05) is 17.3 Å². The normalized spacial score (nSPS) is 16.2. The molecular formula is C21H25N3O. The van der Waals surface area contributed by atoms with E-state index in [1.54, 1.807) is 6.26 Å². The van der Waals surface area contributed by atoms with Crippen LogP contribution in [0.25, 0.3) is 22.6 Å². The summed E-state index contributed by atoms with van der Waals surface area (Å²) >= 11 is 0. The fourth-order valence-corrected chi connectivity index (χ4v) is 3.62. The fraction of sp³-hybridized carbons (Fsp3) is 0.333. The summed E-state index contributed by atoms with van der Waals surface area (Å²) in [6, 6.07) is 17.2. The van der Waals surface area contributed by atoms with Crippen molar-refractivity contribution in [1.82, 2.24) is 9.58 Å². The van der Waals surface area contributed by atoms with E-state index in [4.69, 9.17) is 4.42 Å². The van der Waals surface area contributed by atoms with E-state index in [0.29, 0.717) is 6.04 Å². The second kappa shape index (κ2) is 6.81. The van der Waals surface area contributed by atoms with Crippen LogP contribution in [0.1, 0.15) is 18.5 Å². The molecule has 0 bridgehead atoms. The van der Waals surface area contributed by atoms with Crippen molar-refractivity contribution in [3.05, 3.63) is 60.5 Å². The van der Waals surface area contributed by atoms with Gasteiger partial charge in [0.1, 0.15) is 5.69 Å². The number of hydrogen-bond acceptors (Lipinski definition) is 3. The van der Waals surface area contributed by atoms with Gasteiger partial charge in [0.15, 0.2) is 5.76 Å². The van der Waals surface area contributed by atoms with E-state index in [1.807, 2.05) is 12.1 Å². The first-order valence-electron chi connectivity index (χ1n) is 8.99. The Balaban J connectivity index is 1.74. The molecule has 1 N–H and O–H groups in total. The Morgan fingerprint density at radius 3 is 2.48 bits per heavy atom. The highest BCUT2D eigenvalue weighted by Crippen LogP contribution is 2.35. The van der Waals surface area contributed by atoms with Gasteiger partial charge in [-0.2, -0.15) is 0 Å². The average Bonchev–Trinajstić information content (AvgIpc) is 3.26. The average molecular weight is 335 g/mol. The monoisotopic (exact) mass is 335 g/mol.